The first kappa shape index (κ1) is 25.5. The summed E-state index contributed by atoms with van der Waals surface area (Å²) in [6.45, 7) is 4.37. The van der Waals surface area contributed by atoms with Crippen LogP contribution < -0.4 is 5.32 Å². The summed E-state index contributed by atoms with van der Waals surface area (Å²) in [6, 6.07) is 23.4. The van der Waals surface area contributed by atoms with Crippen molar-refractivity contribution in [3.05, 3.63) is 101 Å². The van der Waals surface area contributed by atoms with E-state index in [-0.39, 0.29) is 30.6 Å². The molecule has 1 unspecified atom stereocenters. The molecule has 0 radical (unpaired) electrons. The van der Waals surface area contributed by atoms with Gasteiger partial charge in [-0.1, -0.05) is 66.2 Å². The van der Waals surface area contributed by atoms with Gasteiger partial charge in [-0.15, -0.1) is 11.8 Å². The van der Waals surface area contributed by atoms with Crippen molar-refractivity contribution in [2.45, 2.75) is 44.2 Å². The number of carbonyl (C=O) groups is 2. The third-order valence-electron chi connectivity index (χ3n) is 5.53. The smallest absolute Gasteiger partial charge is 0.243 e. The molecule has 0 bridgehead atoms. The lowest BCUT2D eigenvalue weighted by molar-refractivity contribution is -0.141. The lowest BCUT2D eigenvalue weighted by Gasteiger charge is -2.31. The number of hydrogen-bond acceptors (Lipinski definition) is 3. The fourth-order valence-electron chi connectivity index (χ4n) is 3.69. The summed E-state index contributed by atoms with van der Waals surface area (Å²) in [5.41, 5.74) is 2.52. The van der Waals surface area contributed by atoms with Crippen molar-refractivity contribution in [3.8, 4) is 0 Å². The van der Waals surface area contributed by atoms with Crippen LogP contribution in [0.1, 0.15) is 30.0 Å². The second-order valence-corrected chi connectivity index (χ2v) is 9.29. The number of thioether (sulfide) groups is 1. The van der Waals surface area contributed by atoms with Crippen molar-refractivity contribution in [2.24, 2.45) is 0 Å². The van der Waals surface area contributed by atoms with Gasteiger partial charge >= 0.3 is 0 Å². The molecule has 2 amide bonds. The number of hydrogen-bond donors (Lipinski definition) is 1. The van der Waals surface area contributed by atoms with Gasteiger partial charge in [0.05, 0.1) is 0 Å². The maximum absolute atomic E-state index is 14.5. The number of halogens is 1. The Morgan fingerprint density at radius 2 is 1.65 bits per heavy atom. The number of rotatable bonds is 11. The first-order chi connectivity index (χ1) is 16.5. The van der Waals surface area contributed by atoms with Crippen molar-refractivity contribution < 1.29 is 14.0 Å². The second-order valence-electron chi connectivity index (χ2n) is 8.12. The molecular weight excluding hydrogens is 447 g/mol. The van der Waals surface area contributed by atoms with Gasteiger partial charge in [0.2, 0.25) is 11.8 Å². The molecule has 3 aromatic carbocycles. The Balaban J connectivity index is 1.82. The van der Waals surface area contributed by atoms with Gasteiger partial charge in [0.15, 0.2) is 0 Å². The Morgan fingerprint density at radius 3 is 2.32 bits per heavy atom. The largest absolute Gasteiger partial charge is 0.355 e. The zero-order valence-electron chi connectivity index (χ0n) is 19.7. The van der Waals surface area contributed by atoms with Crippen molar-refractivity contribution in [1.82, 2.24) is 10.2 Å². The van der Waals surface area contributed by atoms with E-state index in [1.165, 1.54) is 16.5 Å². The fourth-order valence-corrected chi connectivity index (χ4v) is 4.53. The molecule has 0 aliphatic carbocycles. The normalized spacial score (nSPS) is 11.6. The van der Waals surface area contributed by atoms with E-state index in [0.717, 1.165) is 10.5 Å². The first-order valence-corrected chi connectivity index (χ1v) is 12.5. The van der Waals surface area contributed by atoms with E-state index in [4.69, 9.17) is 0 Å². The molecule has 0 saturated carbocycles. The molecule has 0 aliphatic rings. The molecule has 0 aromatic heterocycles. The van der Waals surface area contributed by atoms with Crippen LogP contribution in [-0.4, -0.2) is 35.1 Å². The van der Waals surface area contributed by atoms with Gasteiger partial charge in [0.25, 0.3) is 0 Å². The molecule has 4 nitrogen and oxygen atoms in total. The summed E-state index contributed by atoms with van der Waals surface area (Å²) >= 11 is 1.60. The molecule has 0 spiro atoms. The van der Waals surface area contributed by atoms with E-state index in [2.05, 4.69) is 5.32 Å². The van der Waals surface area contributed by atoms with Crippen molar-refractivity contribution in [2.75, 3.05) is 12.3 Å². The predicted molar refractivity (Wildman–Crippen MR) is 136 cm³/mol. The van der Waals surface area contributed by atoms with Crippen LogP contribution in [0.25, 0.3) is 0 Å². The predicted octanol–water partition coefficient (Wildman–Crippen LogP) is 5.39. The molecular formula is C28H31FN2O2S. The molecule has 6 heteroatoms. The monoisotopic (exact) mass is 478 g/mol. The van der Waals surface area contributed by atoms with Crippen LogP contribution in [-0.2, 0) is 22.6 Å². The molecule has 1 N–H and O–H groups in total. The molecule has 0 saturated heterocycles. The first-order valence-electron chi connectivity index (χ1n) is 11.5. The minimum absolute atomic E-state index is 0.0370. The Hall–Kier alpha value is -3.12. The summed E-state index contributed by atoms with van der Waals surface area (Å²) in [4.78, 5) is 29.2. The van der Waals surface area contributed by atoms with E-state index in [1.54, 1.807) is 30.0 Å². The molecule has 0 aliphatic heterocycles. The second kappa shape index (κ2) is 12.9. The standard InChI is InChI=1S/C28H31FN2O2S/c1-3-30-28(33)26(19-22-9-5-4-6-10-22)31(20-23-11-7-8-12-25(23)29)27(32)17-18-34-24-15-13-21(2)14-16-24/h4-16,26H,3,17-20H2,1-2H3,(H,30,33). The van der Waals surface area contributed by atoms with Crippen molar-refractivity contribution >= 4 is 23.6 Å². The number of aryl methyl sites for hydroxylation is 1. The Kier molecular flexibility index (Phi) is 9.71. The number of likely N-dealkylation sites (N-methyl/N-ethyl adjacent to an activating group) is 1. The SMILES string of the molecule is CCNC(=O)C(Cc1ccccc1)N(Cc1ccccc1F)C(=O)CCSc1ccc(C)cc1. The third kappa shape index (κ3) is 7.45. The Morgan fingerprint density at radius 1 is 0.971 bits per heavy atom. The van der Waals surface area contributed by atoms with E-state index in [0.29, 0.717) is 24.3 Å². The highest BCUT2D eigenvalue weighted by molar-refractivity contribution is 7.99. The van der Waals surface area contributed by atoms with E-state index in [1.807, 2.05) is 68.4 Å². The number of amides is 2. The average Bonchev–Trinajstić information content (AvgIpc) is 2.84. The molecule has 0 fully saturated rings. The third-order valence-corrected chi connectivity index (χ3v) is 6.54. The molecule has 1 atom stereocenters. The van der Waals surface area contributed by atoms with Crippen LogP contribution >= 0.6 is 11.8 Å². The van der Waals surface area contributed by atoms with Crippen LogP contribution in [0.15, 0.2) is 83.8 Å². The van der Waals surface area contributed by atoms with Gasteiger partial charge in [0.1, 0.15) is 11.9 Å². The topological polar surface area (TPSA) is 49.4 Å². The molecule has 178 valence electrons. The van der Waals surface area contributed by atoms with Gasteiger partial charge in [-0.2, -0.15) is 0 Å². The molecule has 3 rings (SSSR count). The number of carbonyl (C=O) groups excluding carboxylic acids is 2. The summed E-state index contributed by atoms with van der Waals surface area (Å²) in [5, 5.41) is 2.86. The molecule has 34 heavy (non-hydrogen) atoms. The van der Waals surface area contributed by atoms with Crippen LogP contribution in [0.5, 0.6) is 0 Å². The zero-order chi connectivity index (χ0) is 24.3. The number of nitrogens with one attached hydrogen (secondary N) is 1. The highest BCUT2D eigenvalue weighted by Crippen LogP contribution is 2.22. The van der Waals surface area contributed by atoms with Crippen LogP contribution in [0.3, 0.4) is 0 Å². The summed E-state index contributed by atoms with van der Waals surface area (Å²) in [7, 11) is 0. The van der Waals surface area contributed by atoms with Crippen molar-refractivity contribution in [1.29, 1.82) is 0 Å². The minimum atomic E-state index is -0.737. The summed E-state index contributed by atoms with van der Waals surface area (Å²) in [5.74, 6) is -0.218. The van der Waals surface area contributed by atoms with Gasteiger partial charge < -0.3 is 10.2 Å². The molecule has 0 heterocycles. The quantitative estimate of drug-likeness (QED) is 0.376. The van der Waals surface area contributed by atoms with E-state index in [9.17, 15) is 14.0 Å². The molecule has 3 aromatic rings. The highest BCUT2D eigenvalue weighted by atomic mass is 32.2. The van der Waals surface area contributed by atoms with Crippen LogP contribution in [0.2, 0.25) is 0 Å². The lowest BCUT2D eigenvalue weighted by atomic mass is 10.0. The maximum atomic E-state index is 14.5. The zero-order valence-corrected chi connectivity index (χ0v) is 20.5. The number of nitrogens with zero attached hydrogens (tertiary/aromatic N) is 1. The van der Waals surface area contributed by atoms with Crippen molar-refractivity contribution in [3.63, 3.8) is 0 Å². The van der Waals surface area contributed by atoms with Crippen LogP contribution in [0, 0.1) is 12.7 Å². The summed E-state index contributed by atoms with van der Waals surface area (Å²) in [6.07, 6.45) is 0.607. The summed E-state index contributed by atoms with van der Waals surface area (Å²) < 4.78 is 14.5. The van der Waals surface area contributed by atoms with Gasteiger partial charge in [-0.3, -0.25) is 9.59 Å². The number of benzene rings is 3. The van der Waals surface area contributed by atoms with Crippen LogP contribution in [0.4, 0.5) is 4.39 Å². The van der Waals surface area contributed by atoms with Gasteiger partial charge in [-0.05, 0) is 37.6 Å². The van der Waals surface area contributed by atoms with E-state index >= 15 is 0 Å². The minimum Gasteiger partial charge on any atom is -0.355 e. The Bertz CT molecular complexity index is 1070. The maximum Gasteiger partial charge on any atom is 0.243 e. The van der Waals surface area contributed by atoms with Gasteiger partial charge in [-0.25, -0.2) is 4.39 Å². The Labute approximate surface area is 205 Å². The highest BCUT2D eigenvalue weighted by Gasteiger charge is 2.30. The fraction of sp³-hybridized carbons (Fsp3) is 0.286. The lowest BCUT2D eigenvalue weighted by Crippen LogP contribution is -2.50. The average molecular weight is 479 g/mol. The van der Waals surface area contributed by atoms with Gasteiger partial charge in [0, 0.05) is 42.1 Å². The van der Waals surface area contributed by atoms with E-state index < -0.39 is 6.04 Å².